The molecule has 1 atom stereocenters. The van der Waals surface area contributed by atoms with Crippen molar-refractivity contribution in [3.63, 3.8) is 0 Å². The van der Waals surface area contributed by atoms with Crippen LogP contribution < -0.4 is 15.2 Å². The van der Waals surface area contributed by atoms with Gasteiger partial charge in [0, 0.05) is 23.7 Å². The summed E-state index contributed by atoms with van der Waals surface area (Å²) in [5, 5.41) is 4.20. The summed E-state index contributed by atoms with van der Waals surface area (Å²) >= 11 is 0. The summed E-state index contributed by atoms with van der Waals surface area (Å²) in [6.07, 6.45) is 1.54. The lowest BCUT2D eigenvalue weighted by Gasteiger charge is -2.16. The van der Waals surface area contributed by atoms with Crippen molar-refractivity contribution < 1.29 is 9.47 Å². The predicted molar refractivity (Wildman–Crippen MR) is 80.3 cm³/mol. The summed E-state index contributed by atoms with van der Waals surface area (Å²) < 4.78 is 13.0. The Balaban J connectivity index is 2.20. The fourth-order valence-electron chi connectivity index (χ4n) is 2.09. The zero-order chi connectivity index (χ0) is 15.4. The number of methoxy groups -OCH3 is 1. The predicted octanol–water partition coefficient (Wildman–Crippen LogP) is 2.47. The molecule has 0 radical (unpaired) electrons. The Morgan fingerprint density at radius 2 is 2.05 bits per heavy atom. The zero-order valence-corrected chi connectivity index (χ0v) is 12.9. The zero-order valence-electron chi connectivity index (χ0n) is 12.9. The summed E-state index contributed by atoms with van der Waals surface area (Å²) in [6.45, 7) is 6.37. The van der Waals surface area contributed by atoms with Gasteiger partial charge >= 0.3 is 0 Å². The van der Waals surface area contributed by atoms with Gasteiger partial charge in [-0.15, -0.1) is 0 Å². The highest BCUT2D eigenvalue weighted by Gasteiger charge is 2.13. The second-order valence-electron chi connectivity index (χ2n) is 5.20. The van der Waals surface area contributed by atoms with E-state index in [0.29, 0.717) is 12.4 Å². The Kier molecular flexibility index (Phi) is 4.80. The SMILES string of the molecule is COc1ccc([C@@H](C)N)c(OCc2ncnn2C(C)C)c1. The normalized spacial score (nSPS) is 12.5. The molecule has 21 heavy (non-hydrogen) atoms. The van der Waals surface area contributed by atoms with E-state index in [-0.39, 0.29) is 12.1 Å². The maximum absolute atomic E-state index is 5.98. The van der Waals surface area contributed by atoms with E-state index in [1.807, 2.05) is 29.8 Å². The van der Waals surface area contributed by atoms with Gasteiger partial charge in [-0.2, -0.15) is 5.10 Å². The number of rotatable bonds is 6. The van der Waals surface area contributed by atoms with Gasteiger partial charge in [0.25, 0.3) is 0 Å². The van der Waals surface area contributed by atoms with E-state index in [1.54, 1.807) is 7.11 Å². The molecule has 1 heterocycles. The van der Waals surface area contributed by atoms with Crippen molar-refractivity contribution in [3.8, 4) is 11.5 Å². The van der Waals surface area contributed by atoms with Crippen LogP contribution in [0.2, 0.25) is 0 Å². The van der Waals surface area contributed by atoms with Gasteiger partial charge in [-0.25, -0.2) is 9.67 Å². The Labute approximate surface area is 124 Å². The van der Waals surface area contributed by atoms with Crippen LogP contribution in [0.3, 0.4) is 0 Å². The van der Waals surface area contributed by atoms with E-state index in [0.717, 1.165) is 17.1 Å². The van der Waals surface area contributed by atoms with Crippen LogP contribution in [0.25, 0.3) is 0 Å². The lowest BCUT2D eigenvalue weighted by Crippen LogP contribution is -2.12. The van der Waals surface area contributed by atoms with E-state index in [1.165, 1.54) is 6.33 Å². The molecule has 2 aromatic rings. The molecule has 1 aromatic heterocycles. The molecule has 6 nitrogen and oxygen atoms in total. The first-order chi connectivity index (χ1) is 10.0. The van der Waals surface area contributed by atoms with E-state index < -0.39 is 0 Å². The molecule has 2 rings (SSSR count). The largest absolute Gasteiger partial charge is 0.497 e. The van der Waals surface area contributed by atoms with Crippen molar-refractivity contribution in [1.82, 2.24) is 14.8 Å². The standard InChI is InChI=1S/C15H22N4O2/c1-10(2)19-15(17-9-18-19)8-21-14-7-12(20-4)5-6-13(14)11(3)16/h5-7,9-11H,8,16H2,1-4H3/t11-/m1/s1. The average Bonchev–Trinajstić information content (AvgIpc) is 2.93. The molecule has 0 amide bonds. The van der Waals surface area contributed by atoms with Gasteiger partial charge in [0.15, 0.2) is 5.82 Å². The van der Waals surface area contributed by atoms with Gasteiger partial charge in [0.05, 0.1) is 7.11 Å². The summed E-state index contributed by atoms with van der Waals surface area (Å²) in [5.74, 6) is 2.23. The van der Waals surface area contributed by atoms with Crippen LogP contribution in [0.15, 0.2) is 24.5 Å². The van der Waals surface area contributed by atoms with Crippen LogP contribution in [0.1, 0.15) is 44.2 Å². The first kappa shape index (κ1) is 15.3. The molecule has 0 aliphatic rings. The van der Waals surface area contributed by atoms with Crippen molar-refractivity contribution in [1.29, 1.82) is 0 Å². The number of nitrogens with two attached hydrogens (primary N) is 1. The van der Waals surface area contributed by atoms with Gasteiger partial charge in [-0.05, 0) is 26.8 Å². The molecule has 6 heteroatoms. The van der Waals surface area contributed by atoms with Crippen molar-refractivity contribution in [2.45, 2.75) is 39.5 Å². The Morgan fingerprint density at radius 3 is 2.67 bits per heavy atom. The van der Waals surface area contributed by atoms with Gasteiger partial charge < -0.3 is 15.2 Å². The third kappa shape index (κ3) is 3.52. The Bertz CT molecular complexity index is 593. The quantitative estimate of drug-likeness (QED) is 0.884. The van der Waals surface area contributed by atoms with E-state index in [2.05, 4.69) is 23.9 Å². The van der Waals surface area contributed by atoms with Gasteiger partial charge in [-0.3, -0.25) is 0 Å². The molecule has 1 aromatic carbocycles. The highest BCUT2D eigenvalue weighted by molar-refractivity contribution is 5.42. The monoisotopic (exact) mass is 290 g/mol. The number of benzene rings is 1. The van der Waals surface area contributed by atoms with Crippen molar-refractivity contribution >= 4 is 0 Å². The smallest absolute Gasteiger partial charge is 0.165 e. The lowest BCUT2D eigenvalue weighted by atomic mass is 10.1. The molecule has 0 aliphatic carbocycles. The number of hydrogen-bond donors (Lipinski definition) is 1. The molecule has 2 N–H and O–H groups in total. The van der Waals surface area contributed by atoms with Crippen LogP contribution in [-0.2, 0) is 6.61 Å². The molecule has 0 saturated carbocycles. The molecule has 0 saturated heterocycles. The molecule has 0 aliphatic heterocycles. The molecule has 114 valence electrons. The summed E-state index contributed by atoms with van der Waals surface area (Å²) in [4.78, 5) is 4.23. The Morgan fingerprint density at radius 1 is 1.29 bits per heavy atom. The van der Waals surface area contributed by atoms with E-state index in [9.17, 15) is 0 Å². The van der Waals surface area contributed by atoms with Crippen molar-refractivity contribution in [2.75, 3.05) is 7.11 Å². The van der Waals surface area contributed by atoms with Crippen molar-refractivity contribution in [3.05, 3.63) is 35.9 Å². The van der Waals surface area contributed by atoms with Crippen LogP contribution >= 0.6 is 0 Å². The highest BCUT2D eigenvalue weighted by atomic mass is 16.5. The minimum Gasteiger partial charge on any atom is -0.497 e. The van der Waals surface area contributed by atoms with Crippen LogP contribution in [-0.4, -0.2) is 21.9 Å². The fraction of sp³-hybridized carbons (Fsp3) is 0.467. The minimum atomic E-state index is -0.117. The van der Waals surface area contributed by atoms with Crippen molar-refractivity contribution in [2.24, 2.45) is 5.73 Å². The summed E-state index contributed by atoms with van der Waals surface area (Å²) in [5.41, 5.74) is 6.92. The molecule has 0 bridgehead atoms. The van der Waals surface area contributed by atoms with Crippen LogP contribution in [0, 0.1) is 0 Å². The highest BCUT2D eigenvalue weighted by Crippen LogP contribution is 2.29. The first-order valence-electron chi connectivity index (χ1n) is 6.97. The topological polar surface area (TPSA) is 75.2 Å². The van der Waals surface area contributed by atoms with E-state index in [4.69, 9.17) is 15.2 Å². The molecular weight excluding hydrogens is 268 g/mol. The van der Waals surface area contributed by atoms with Crippen LogP contribution in [0.5, 0.6) is 11.5 Å². The van der Waals surface area contributed by atoms with E-state index >= 15 is 0 Å². The van der Waals surface area contributed by atoms with Crippen LogP contribution in [0.4, 0.5) is 0 Å². The fourth-order valence-corrected chi connectivity index (χ4v) is 2.09. The molecule has 0 spiro atoms. The second kappa shape index (κ2) is 6.58. The maximum atomic E-state index is 5.98. The summed E-state index contributed by atoms with van der Waals surface area (Å²) in [6, 6.07) is 5.77. The molecule has 0 unspecified atom stereocenters. The third-order valence-corrected chi connectivity index (χ3v) is 3.20. The lowest BCUT2D eigenvalue weighted by molar-refractivity contribution is 0.277. The number of aromatic nitrogens is 3. The minimum absolute atomic E-state index is 0.117. The molecular formula is C15H22N4O2. The van der Waals surface area contributed by atoms with Gasteiger partial charge in [0.2, 0.25) is 0 Å². The average molecular weight is 290 g/mol. The number of hydrogen-bond acceptors (Lipinski definition) is 5. The van der Waals surface area contributed by atoms with Gasteiger partial charge in [-0.1, -0.05) is 6.07 Å². The second-order valence-corrected chi connectivity index (χ2v) is 5.20. The molecule has 0 fully saturated rings. The Hall–Kier alpha value is -2.08. The summed E-state index contributed by atoms with van der Waals surface area (Å²) in [7, 11) is 1.63. The maximum Gasteiger partial charge on any atom is 0.165 e. The van der Waals surface area contributed by atoms with Gasteiger partial charge in [0.1, 0.15) is 24.4 Å². The number of nitrogens with zero attached hydrogens (tertiary/aromatic N) is 3. The third-order valence-electron chi connectivity index (χ3n) is 3.20. The number of ether oxygens (including phenoxy) is 2. The first-order valence-corrected chi connectivity index (χ1v) is 6.97.